The molecule has 1 saturated heterocycles. The second kappa shape index (κ2) is 9.41. The van der Waals surface area contributed by atoms with Crippen molar-refractivity contribution in [2.75, 3.05) is 43.2 Å². The highest BCUT2D eigenvalue weighted by Crippen LogP contribution is 2.42. The molecule has 1 atom stereocenters. The SMILES string of the molecule is COCCn1ncc2cc(N3C=COC3c3ccnc(C)c3)c(N3CCC(CO)CC3)cc21. The van der Waals surface area contributed by atoms with Crippen molar-refractivity contribution in [3.05, 3.63) is 60.4 Å². The van der Waals surface area contributed by atoms with Crippen LogP contribution in [0.2, 0.25) is 0 Å². The normalized spacial score (nSPS) is 18.9. The summed E-state index contributed by atoms with van der Waals surface area (Å²) >= 11 is 0. The molecule has 3 aromatic rings. The summed E-state index contributed by atoms with van der Waals surface area (Å²) in [5.41, 5.74) is 5.36. The number of hydrogen-bond acceptors (Lipinski definition) is 7. The standard InChI is InChI=1S/C25H31N5O3/c1-18-13-20(3-6-26-18)25-29(9-12-33-25)24-14-21-16-27-30(10-11-32-2)22(21)15-23(24)28-7-4-19(17-31)5-8-28/h3,6,9,12-16,19,25,31H,4-5,7-8,10-11,17H2,1-2H3. The van der Waals surface area contributed by atoms with Crippen molar-refractivity contribution >= 4 is 22.3 Å². The van der Waals surface area contributed by atoms with Crippen LogP contribution in [-0.2, 0) is 16.0 Å². The van der Waals surface area contributed by atoms with Gasteiger partial charge >= 0.3 is 0 Å². The summed E-state index contributed by atoms with van der Waals surface area (Å²) in [5.74, 6) is 0.378. The number of aliphatic hydroxyl groups is 1. The Balaban J connectivity index is 1.57. The topological polar surface area (TPSA) is 75.9 Å². The number of pyridine rings is 1. The van der Waals surface area contributed by atoms with Gasteiger partial charge in [-0.1, -0.05) is 0 Å². The number of rotatable bonds is 7. The van der Waals surface area contributed by atoms with Crippen LogP contribution in [0.25, 0.3) is 10.9 Å². The first-order valence-corrected chi connectivity index (χ1v) is 11.5. The van der Waals surface area contributed by atoms with E-state index in [1.165, 1.54) is 0 Å². The summed E-state index contributed by atoms with van der Waals surface area (Å²) in [6.45, 7) is 5.39. The number of methoxy groups -OCH3 is 1. The van der Waals surface area contributed by atoms with E-state index in [1.54, 1.807) is 13.4 Å². The van der Waals surface area contributed by atoms with Crippen molar-refractivity contribution in [3.8, 4) is 0 Å². The highest BCUT2D eigenvalue weighted by atomic mass is 16.5. The molecule has 2 aliphatic rings. The third-order valence-electron chi connectivity index (χ3n) is 6.62. The molecule has 2 aliphatic heterocycles. The molecule has 1 aromatic carbocycles. The lowest BCUT2D eigenvalue weighted by Gasteiger charge is -2.36. The number of aryl methyl sites for hydroxylation is 1. The van der Waals surface area contributed by atoms with Crippen LogP contribution in [0.3, 0.4) is 0 Å². The van der Waals surface area contributed by atoms with Crippen LogP contribution in [0.5, 0.6) is 0 Å². The van der Waals surface area contributed by atoms with Crippen molar-refractivity contribution in [1.82, 2.24) is 14.8 Å². The third-order valence-corrected chi connectivity index (χ3v) is 6.62. The fourth-order valence-electron chi connectivity index (χ4n) is 4.76. The fourth-order valence-corrected chi connectivity index (χ4v) is 4.76. The molecule has 0 bridgehead atoms. The lowest BCUT2D eigenvalue weighted by atomic mass is 9.97. The van der Waals surface area contributed by atoms with Crippen molar-refractivity contribution in [2.24, 2.45) is 5.92 Å². The highest BCUT2D eigenvalue weighted by Gasteiger charge is 2.30. The maximum atomic E-state index is 9.61. The summed E-state index contributed by atoms with van der Waals surface area (Å²) in [6, 6.07) is 8.52. The summed E-state index contributed by atoms with van der Waals surface area (Å²) < 4.78 is 13.3. The molecule has 2 aromatic heterocycles. The van der Waals surface area contributed by atoms with Crippen LogP contribution >= 0.6 is 0 Å². The van der Waals surface area contributed by atoms with Gasteiger partial charge in [-0.3, -0.25) is 9.67 Å². The summed E-state index contributed by atoms with van der Waals surface area (Å²) in [7, 11) is 1.71. The maximum Gasteiger partial charge on any atom is 0.202 e. The monoisotopic (exact) mass is 449 g/mol. The van der Waals surface area contributed by atoms with E-state index in [4.69, 9.17) is 9.47 Å². The minimum absolute atomic E-state index is 0.249. The Morgan fingerprint density at radius 3 is 2.79 bits per heavy atom. The number of anilines is 2. The molecule has 1 N–H and O–H groups in total. The number of piperidine rings is 1. The van der Waals surface area contributed by atoms with Crippen LogP contribution in [0.1, 0.15) is 30.3 Å². The van der Waals surface area contributed by atoms with Crippen molar-refractivity contribution in [2.45, 2.75) is 32.5 Å². The lowest BCUT2D eigenvalue weighted by Crippen LogP contribution is -2.36. The second-order valence-electron chi connectivity index (χ2n) is 8.78. The number of ether oxygens (including phenoxy) is 2. The van der Waals surface area contributed by atoms with E-state index >= 15 is 0 Å². The molecule has 0 spiro atoms. The van der Waals surface area contributed by atoms with Crippen LogP contribution in [-0.4, -0.2) is 53.3 Å². The van der Waals surface area contributed by atoms with Gasteiger partial charge in [0.05, 0.1) is 36.2 Å². The van der Waals surface area contributed by atoms with Gasteiger partial charge in [0.2, 0.25) is 6.23 Å². The Morgan fingerprint density at radius 2 is 2.03 bits per heavy atom. The maximum absolute atomic E-state index is 9.61. The average molecular weight is 450 g/mol. The van der Waals surface area contributed by atoms with Crippen molar-refractivity contribution in [3.63, 3.8) is 0 Å². The molecule has 0 radical (unpaired) electrons. The first-order chi connectivity index (χ1) is 16.2. The smallest absolute Gasteiger partial charge is 0.202 e. The molecular formula is C25H31N5O3. The number of nitrogens with zero attached hydrogens (tertiary/aromatic N) is 5. The van der Waals surface area contributed by atoms with Crippen LogP contribution in [0, 0.1) is 12.8 Å². The molecule has 8 nitrogen and oxygen atoms in total. The molecule has 8 heteroatoms. The largest absolute Gasteiger partial charge is 0.472 e. The van der Waals surface area contributed by atoms with E-state index < -0.39 is 0 Å². The number of hydrogen-bond donors (Lipinski definition) is 1. The number of aliphatic hydroxyl groups excluding tert-OH is 1. The Kier molecular flexibility index (Phi) is 6.20. The Labute approximate surface area is 194 Å². The van der Waals surface area contributed by atoms with Gasteiger partial charge in [-0.05, 0) is 49.9 Å². The average Bonchev–Trinajstić information content (AvgIpc) is 3.49. The summed E-state index contributed by atoms with van der Waals surface area (Å²) in [4.78, 5) is 8.95. The quantitative estimate of drug-likeness (QED) is 0.591. The van der Waals surface area contributed by atoms with Gasteiger partial charge in [0.1, 0.15) is 6.26 Å². The zero-order chi connectivity index (χ0) is 22.8. The fraction of sp³-hybridized carbons (Fsp3) is 0.440. The van der Waals surface area contributed by atoms with Gasteiger partial charge in [-0.15, -0.1) is 0 Å². The van der Waals surface area contributed by atoms with E-state index in [0.717, 1.165) is 59.5 Å². The van der Waals surface area contributed by atoms with E-state index in [9.17, 15) is 5.11 Å². The molecule has 1 fully saturated rings. The van der Waals surface area contributed by atoms with E-state index in [-0.39, 0.29) is 12.8 Å². The third kappa shape index (κ3) is 4.28. The summed E-state index contributed by atoms with van der Waals surface area (Å²) in [5, 5.41) is 15.3. The molecule has 0 saturated carbocycles. The molecular weight excluding hydrogens is 418 g/mol. The van der Waals surface area contributed by atoms with Gasteiger partial charge in [0.25, 0.3) is 0 Å². The zero-order valence-electron chi connectivity index (χ0n) is 19.2. The molecule has 0 amide bonds. The minimum Gasteiger partial charge on any atom is -0.472 e. The molecule has 5 rings (SSSR count). The number of fused-ring (bicyclic) bond motifs is 1. The number of aromatic nitrogens is 3. The second-order valence-corrected chi connectivity index (χ2v) is 8.78. The Morgan fingerprint density at radius 1 is 1.18 bits per heavy atom. The highest BCUT2D eigenvalue weighted by molar-refractivity contribution is 5.91. The van der Waals surface area contributed by atoms with Gasteiger partial charge in [0.15, 0.2) is 0 Å². The zero-order valence-corrected chi connectivity index (χ0v) is 19.2. The Bertz CT molecular complexity index is 1140. The van der Waals surface area contributed by atoms with Crippen molar-refractivity contribution < 1.29 is 14.6 Å². The van der Waals surface area contributed by atoms with Crippen LogP contribution < -0.4 is 9.80 Å². The van der Waals surface area contributed by atoms with Gasteiger partial charge in [-0.25, -0.2) is 0 Å². The van der Waals surface area contributed by atoms with Gasteiger partial charge < -0.3 is 24.4 Å². The first-order valence-electron chi connectivity index (χ1n) is 11.5. The Hall–Kier alpha value is -3.10. The summed E-state index contributed by atoms with van der Waals surface area (Å²) in [6.07, 6.45) is 9.22. The van der Waals surface area contributed by atoms with Gasteiger partial charge in [0, 0.05) is 55.8 Å². The van der Waals surface area contributed by atoms with E-state index in [1.807, 2.05) is 36.3 Å². The predicted octanol–water partition coefficient (Wildman–Crippen LogP) is 3.60. The minimum atomic E-state index is -0.249. The first kappa shape index (κ1) is 21.7. The molecule has 33 heavy (non-hydrogen) atoms. The molecule has 1 unspecified atom stereocenters. The van der Waals surface area contributed by atoms with Crippen LogP contribution in [0.4, 0.5) is 11.4 Å². The van der Waals surface area contributed by atoms with Crippen molar-refractivity contribution in [1.29, 1.82) is 0 Å². The van der Waals surface area contributed by atoms with E-state index in [0.29, 0.717) is 19.1 Å². The lowest BCUT2D eigenvalue weighted by molar-refractivity contribution is 0.174. The van der Waals surface area contributed by atoms with E-state index in [2.05, 4.69) is 38.1 Å². The van der Waals surface area contributed by atoms with Crippen LogP contribution in [0.15, 0.2) is 49.1 Å². The molecule has 0 aliphatic carbocycles. The predicted molar refractivity (Wildman–Crippen MR) is 128 cm³/mol. The number of benzene rings is 1. The molecule has 4 heterocycles. The van der Waals surface area contributed by atoms with Gasteiger partial charge in [-0.2, -0.15) is 5.10 Å². The molecule has 174 valence electrons.